The first-order valence-corrected chi connectivity index (χ1v) is 6.19. The minimum atomic E-state index is -0.179. The third kappa shape index (κ3) is 4.19. The predicted octanol–water partition coefficient (Wildman–Crippen LogP) is 0.907. The molecular formula is C12H22N4O. The summed E-state index contributed by atoms with van der Waals surface area (Å²) >= 11 is 0. The lowest BCUT2D eigenvalue weighted by molar-refractivity contribution is -0.122. The summed E-state index contributed by atoms with van der Waals surface area (Å²) in [6.45, 7) is 8.28. The molecule has 1 heterocycles. The maximum Gasteiger partial charge on any atom is 0.236 e. The molecule has 17 heavy (non-hydrogen) atoms. The molecule has 1 rings (SSSR count). The van der Waals surface area contributed by atoms with Crippen LogP contribution in [-0.4, -0.2) is 28.0 Å². The molecule has 5 heteroatoms. The summed E-state index contributed by atoms with van der Waals surface area (Å²) < 4.78 is 2.06. The molecule has 96 valence electrons. The topological polar surface area (TPSA) is 59.0 Å². The molecule has 0 saturated carbocycles. The fourth-order valence-corrected chi connectivity index (χ4v) is 1.53. The molecule has 5 nitrogen and oxygen atoms in total. The summed E-state index contributed by atoms with van der Waals surface area (Å²) in [5, 5.41) is 6.06. The van der Waals surface area contributed by atoms with Crippen molar-refractivity contribution in [2.24, 2.45) is 0 Å². The second kappa shape index (κ2) is 7.06. The number of nitrogens with one attached hydrogen (secondary N) is 2. The van der Waals surface area contributed by atoms with Crippen molar-refractivity contribution in [3.63, 3.8) is 0 Å². The van der Waals surface area contributed by atoms with E-state index in [4.69, 9.17) is 0 Å². The van der Waals surface area contributed by atoms with E-state index in [0.717, 1.165) is 25.2 Å². The molecule has 0 spiro atoms. The van der Waals surface area contributed by atoms with Crippen LogP contribution in [0.2, 0.25) is 0 Å². The zero-order chi connectivity index (χ0) is 12.7. The van der Waals surface area contributed by atoms with Crippen LogP contribution in [0.15, 0.2) is 12.5 Å². The van der Waals surface area contributed by atoms with Crippen LogP contribution in [0.25, 0.3) is 0 Å². The maximum atomic E-state index is 11.6. The van der Waals surface area contributed by atoms with Crippen molar-refractivity contribution in [3.05, 3.63) is 18.2 Å². The van der Waals surface area contributed by atoms with Gasteiger partial charge in [0.25, 0.3) is 0 Å². The average molecular weight is 238 g/mol. The second-order valence-corrected chi connectivity index (χ2v) is 4.06. The standard InChI is InChI=1S/C12H22N4O/c1-4-6-14-12(17)10(3)15-8-11-7-13-9-16(11)5-2/h7,9-10,15H,4-6,8H2,1-3H3,(H,14,17). The van der Waals surface area contributed by atoms with Crippen LogP contribution in [0.1, 0.15) is 32.9 Å². The van der Waals surface area contributed by atoms with E-state index in [0.29, 0.717) is 6.54 Å². The van der Waals surface area contributed by atoms with E-state index < -0.39 is 0 Å². The van der Waals surface area contributed by atoms with Crippen LogP contribution >= 0.6 is 0 Å². The number of hydrogen-bond acceptors (Lipinski definition) is 3. The molecule has 1 amide bonds. The molecule has 0 fully saturated rings. The Labute approximate surface area is 103 Å². The molecule has 0 saturated heterocycles. The highest BCUT2D eigenvalue weighted by Crippen LogP contribution is 1.99. The normalized spacial score (nSPS) is 12.4. The van der Waals surface area contributed by atoms with Gasteiger partial charge in [0.15, 0.2) is 0 Å². The van der Waals surface area contributed by atoms with Crippen LogP contribution in [0.3, 0.4) is 0 Å². The Balaban J connectivity index is 2.37. The Hall–Kier alpha value is -1.36. The lowest BCUT2D eigenvalue weighted by Crippen LogP contribution is -2.42. The van der Waals surface area contributed by atoms with Gasteiger partial charge in [-0.15, -0.1) is 0 Å². The molecule has 1 aromatic heterocycles. The highest BCUT2D eigenvalue weighted by molar-refractivity contribution is 5.81. The Bertz CT molecular complexity index is 348. The summed E-state index contributed by atoms with van der Waals surface area (Å²) in [6, 6.07) is -0.179. The molecule has 0 radical (unpaired) electrons. The van der Waals surface area contributed by atoms with Gasteiger partial charge in [0.2, 0.25) is 5.91 Å². The van der Waals surface area contributed by atoms with Crippen molar-refractivity contribution in [2.75, 3.05) is 6.54 Å². The molecule has 0 bridgehead atoms. The third-order valence-electron chi connectivity index (χ3n) is 2.67. The van der Waals surface area contributed by atoms with Crippen molar-refractivity contribution < 1.29 is 4.79 Å². The number of rotatable bonds is 7. The number of aryl methyl sites for hydroxylation is 1. The van der Waals surface area contributed by atoms with Crippen molar-refractivity contribution >= 4 is 5.91 Å². The van der Waals surface area contributed by atoms with E-state index in [2.05, 4.69) is 27.1 Å². The summed E-state index contributed by atoms with van der Waals surface area (Å²) in [6.07, 6.45) is 4.59. The van der Waals surface area contributed by atoms with Crippen LogP contribution < -0.4 is 10.6 Å². The smallest absolute Gasteiger partial charge is 0.236 e. The average Bonchev–Trinajstić information content (AvgIpc) is 2.80. The van der Waals surface area contributed by atoms with Crippen LogP contribution in [0.4, 0.5) is 0 Å². The molecule has 0 aliphatic carbocycles. The van der Waals surface area contributed by atoms with E-state index in [9.17, 15) is 4.79 Å². The van der Waals surface area contributed by atoms with Gasteiger partial charge in [-0.3, -0.25) is 4.79 Å². The number of carbonyl (C=O) groups is 1. The molecule has 0 aliphatic rings. The first-order valence-electron chi connectivity index (χ1n) is 6.19. The summed E-state index contributed by atoms with van der Waals surface area (Å²) in [5.41, 5.74) is 1.10. The van der Waals surface area contributed by atoms with Gasteiger partial charge in [-0.25, -0.2) is 4.98 Å². The predicted molar refractivity (Wildman–Crippen MR) is 67.5 cm³/mol. The quantitative estimate of drug-likeness (QED) is 0.742. The van der Waals surface area contributed by atoms with Crippen LogP contribution in [-0.2, 0) is 17.9 Å². The van der Waals surface area contributed by atoms with Gasteiger partial charge in [0.05, 0.1) is 18.1 Å². The van der Waals surface area contributed by atoms with E-state index in [1.807, 2.05) is 20.0 Å². The summed E-state index contributed by atoms with van der Waals surface area (Å²) in [5.74, 6) is 0.0504. The van der Waals surface area contributed by atoms with Gasteiger partial charge < -0.3 is 15.2 Å². The third-order valence-corrected chi connectivity index (χ3v) is 2.67. The lowest BCUT2D eigenvalue weighted by Gasteiger charge is -2.14. The van der Waals surface area contributed by atoms with Gasteiger partial charge in [-0.05, 0) is 20.3 Å². The van der Waals surface area contributed by atoms with Crippen molar-refractivity contribution in [1.82, 2.24) is 20.2 Å². The van der Waals surface area contributed by atoms with Gasteiger partial charge in [-0.1, -0.05) is 6.92 Å². The monoisotopic (exact) mass is 238 g/mol. The zero-order valence-electron chi connectivity index (χ0n) is 10.9. The minimum absolute atomic E-state index is 0.0504. The fraction of sp³-hybridized carbons (Fsp3) is 0.667. The Kier molecular flexibility index (Phi) is 5.69. The molecule has 1 aromatic rings. The largest absolute Gasteiger partial charge is 0.355 e. The number of carbonyl (C=O) groups excluding carboxylic acids is 1. The molecule has 2 N–H and O–H groups in total. The maximum absolute atomic E-state index is 11.6. The van der Waals surface area contributed by atoms with E-state index in [1.54, 1.807) is 6.33 Å². The van der Waals surface area contributed by atoms with Crippen molar-refractivity contribution in [3.8, 4) is 0 Å². The summed E-state index contributed by atoms with van der Waals surface area (Å²) in [7, 11) is 0. The minimum Gasteiger partial charge on any atom is -0.355 e. The van der Waals surface area contributed by atoms with Crippen LogP contribution in [0, 0.1) is 0 Å². The molecule has 1 atom stereocenters. The molecule has 0 aliphatic heterocycles. The van der Waals surface area contributed by atoms with E-state index >= 15 is 0 Å². The molecule has 0 aromatic carbocycles. The Morgan fingerprint density at radius 1 is 1.53 bits per heavy atom. The number of hydrogen-bond donors (Lipinski definition) is 2. The SMILES string of the molecule is CCCNC(=O)C(C)NCc1cncn1CC. The van der Waals surface area contributed by atoms with Crippen molar-refractivity contribution in [2.45, 2.75) is 46.3 Å². The first-order chi connectivity index (χ1) is 8.19. The number of amides is 1. The van der Waals surface area contributed by atoms with E-state index in [1.165, 1.54) is 0 Å². The Morgan fingerprint density at radius 2 is 2.29 bits per heavy atom. The number of nitrogens with zero attached hydrogens (tertiary/aromatic N) is 2. The number of aromatic nitrogens is 2. The first kappa shape index (κ1) is 13.7. The zero-order valence-corrected chi connectivity index (χ0v) is 10.9. The fourth-order valence-electron chi connectivity index (χ4n) is 1.53. The lowest BCUT2D eigenvalue weighted by atomic mass is 10.3. The van der Waals surface area contributed by atoms with Gasteiger partial charge >= 0.3 is 0 Å². The molecule has 1 unspecified atom stereocenters. The Morgan fingerprint density at radius 3 is 2.94 bits per heavy atom. The van der Waals surface area contributed by atoms with E-state index in [-0.39, 0.29) is 11.9 Å². The van der Waals surface area contributed by atoms with Crippen molar-refractivity contribution in [1.29, 1.82) is 0 Å². The summed E-state index contributed by atoms with van der Waals surface area (Å²) in [4.78, 5) is 15.7. The number of imidazole rings is 1. The highest BCUT2D eigenvalue weighted by Gasteiger charge is 2.11. The van der Waals surface area contributed by atoms with Gasteiger partial charge in [-0.2, -0.15) is 0 Å². The van der Waals surface area contributed by atoms with Gasteiger partial charge in [0, 0.05) is 25.8 Å². The van der Waals surface area contributed by atoms with Gasteiger partial charge in [0.1, 0.15) is 0 Å². The molecular weight excluding hydrogens is 216 g/mol. The van der Waals surface area contributed by atoms with Crippen LogP contribution in [0.5, 0.6) is 0 Å². The second-order valence-electron chi connectivity index (χ2n) is 4.06. The highest BCUT2D eigenvalue weighted by atomic mass is 16.2.